The number of ether oxygens (including phenoxy) is 1. The molecule has 3 N–H and O–H groups in total. The van der Waals surface area contributed by atoms with Crippen molar-refractivity contribution < 1.29 is 13.9 Å². The molecule has 2 aromatic carbocycles. The van der Waals surface area contributed by atoms with Gasteiger partial charge in [0.2, 0.25) is 5.88 Å². The van der Waals surface area contributed by atoms with Crippen molar-refractivity contribution in [3.8, 4) is 5.75 Å². The van der Waals surface area contributed by atoms with Crippen molar-refractivity contribution in [2.75, 3.05) is 22.6 Å². The van der Waals surface area contributed by atoms with Gasteiger partial charge in [-0.3, -0.25) is 15.2 Å². The Labute approximate surface area is 190 Å². The molecule has 33 heavy (non-hydrogen) atoms. The molecule has 5 rings (SSSR count). The zero-order valence-corrected chi connectivity index (χ0v) is 17.8. The maximum Gasteiger partial charge on any atom is 0.255 e. The monoisotopic (exact) mass is 439 g/mol. The van der Waals surface area contributed by atoms with Gasteiger partial charge in [0, 0.05) is 29.3 Å². The molecule has 3 heterocycles. The highest BCUT2D eigenvalue weighted by Crippen LogP contribution is 2.37. The summed E-state index contributed by atoms with van der Waals surface area (Å²) in [5.74, 6) is 1.30. The number of aromatic nitrogens is 1. The molecule has 8 nitrogen and oxygen atoms in total. The van der Waals surface area contributed by atoms with E-state index >= 15 is 0 Å². The minimum absolute atomic E-state index is 0.233. The summed E-state index contributed by atoms with van der Waals surface area (Å²) in [5, 5.41) is 15.1. The second kappa shape index (κ2) is 8.51. The third-order valence-electron chi connectivity index (χ3n) is 5.44. The quantitative estimate of drug-likeness (QED) is 0.409. The minimum Gasteiger partial charge on any atom is -0.497 e. The second-order valence-corrected chi connectivity index (χ2v) is 7.44. The van der Waals surface area contributed by atoms with Gasteiger partial charge in [-0.15, -0.1) is 0 Å². The summed E-state index contributed by atoms with van der Waals surface area (Å²) in [6, 6.07) is 20.0. The Bertz CT molecular complexity index is 1300. The molecule has 0 radical (unpaired) electrons. The van der Waals surface area contributed by atoms with Crippen molar-refractivity contribution in [2.24, 2.45) is 0 Å². The molecule has 8 heteroatoms. The molecule has 1 aliphatic heterocycles. The summed E-state index contributed by atoms with van der Waals surface area (Å²) in [6.07, 6.45) is 4.34. The van der Waals surface area contributed by atoms with Crippen LogP contribution in [0, 0.1) is 5.41 Å². The van der Waals surface area contributed by atoms with E-state index in [-0.39, 0.29) is 5.91 Å². The third-order valence-corrected chi connectivity index (χ3v) is 5.44. The van der Waals surface area contributed by atoms with Crippen LogP contribution in [-0.4, -0.2) is 23.8 Å². The molecule has 1 atom stereocenters. The van der Waals surface area contributed by atoms with Gasteiger partial charge in [0.05, 0.1) is 18.9 Å². The van der Waals surface area contributed by atoms with Gasteiger partial charge in [-0.2, -0.15) is 0 Å². The van der Waals surface area contributed by atoms with Gasteiger partial charge < -0.3 is 24.7 Å². The molecule has 1 amide bonds. The van der Waals surface area contributed by atoms with Crippen molar-refractivity contribution in [2.45, 2.75) is 6.17 Å². The lowest BCUT2D eigenvalue weighted by atomic mass is 10.0. The van der Waals surface area contributed by atoms with Crippen LogP contribution < -0.4 is 20.3 Å². The molecule has 4 aromatic rings. The maximum atomic E-state index is 12.9. The molecule has 0 aliphatic carbocycles. The fourth-order valence-corrected chi connectivity index (χ4v) is 3.80. The first-order valence-electron chi connectivity index (χ1n) is 10.3. The predicted octanol–water partition coefficient (Wildman–Crippen LogP) is 4.89. The Morgan fingerprint density at radius 2 is 1.91 bits per heavy atom. The molecule has 1 aliphatic rings. The van der Waals surface area contributed by atoms with E-state index in [4.69, 9.17) is 14.6 Å². The van der Waals surface area contributed by atoms with Gasteiger partial charge in [0.1, 0.15) is 17.8 Å². The summed E-state index contributed by atoms with van der Waals surface area (Å²) in [5.41, 5.74) is 3.43. The number of furan rings is 1. The normalized spacial score (nSPS) is 14.9. The summed E-state index contributed by atoms with van der Waals surface area (Å²) in [6.45, 7) is 0. The molecule has 2 aromatic heterocycles. The molecule has 0 saturated heterocycles. The van der Waals surface area contributed by atoms with E-state index < -0.39 is 6.17 Å². The fourth-order valence-electron chi connectivity index (χ4n) is 3.80. The van der Waals surface area contributed by atoms with E-state index in [0.717, 1.165) is 17.0 Å². The van der Waals surface area contributed by atoms with E-state index in [1.165, 1.54) is 0 Å². The summed E-state index contributed by atoms with van der Waals surface area (Å²) < 4.78 is 10.9. The highest BCUT2D eigenvalue weighted by atomic mass is 16.5. The van der Waals surface area contributed by atoms with Crippen molar-refractivity contribution in [3.05, 3.63) is 102 Å². The molecular weight excluding hydrogens is 418 g/mol. The Balaban J connectivity index is 1.51. The van der Waals surface area contributed by atoms with E-state index in [9.17, 15) is 4.79 Å². The predicted molar refractivity (Wildman–Crippen MR) is 126 cm³/mol. The average Bonchev–Trinajstić information content (AvgIpc) is 3.34. The van der Waals surface area contributed by atoms with Gasteiger partial charge in [0.25, 0.3) is 5.91 Å². The van der Waals surface area contributed by atoms with Crippen LogP contribution in [0.4, 0.5) is 17.3 Å². The first-order valence-corrected chi connectivity index (χ1v) is 10.3. The molecule has 0 fully saturated rings. The number of nitrogens with zero attached hydrogens (tertiary/aromatic N) is 2. The molecular formula is C25H21N5O3. The molecule has 0 spiro atoms. The number of amidine groups is 1. The van der Waals surface area contributed by atoms with Gasteiger partial charge in [-0.25, -0.2) is 0 Å². The number of carbonyl (C=O) groups is 1. The van der Waals surface area contributed by atoms with Crippen LogP contribution in [0.3, 0.4) is 0 Å². The van der Waals surface area contributed by atoms with E-state index in [0.29, 0.717) is 28.5 Å². The van der Waals surface area contributed by atoms with Gasteiger partial charge in [0.15, 0.2) is 0 Å². The fraction of sp³-hybridized carbons (Fsp3) is 0.0800. The number of fused-ring (bicyclic) bond motifs is 1. The number of anilines is 3. The zero-order valence-electron chi connectivity index (χ0n) is 17.8. The van der Waals surface area contributed by atoms with E-state index in [2.05, 4.69) is 15.6 Å². The Kier molecular flexibility index (Phi) is 5.24. The van der Waals surface area contributed by atoms with E-state index in [1.807, 2.05) is 47.4 Å². The number of benzene rings is 2. The topological polar surface area (TPSA) is 103 Å². The Hall–Kier alpha value is -4.59. The number of amides is 1. The van der Waals surface area contributed by atoms with Crippen LogP contribution >= 0.6 is 0 Å². The van der Waals surface area contributed by atoms with Gasteiger partial charge in [-0.1, -0.05) is 12.1 Å². The van der Waals surface area contributed by atoms with E-state index in [1.54, 1.807) is 50.0 Å². The van der Waals surface area contributed by atoms with Gasteiger partial charge >= 0.3 is 0 Å². The van der Waals surface area contributed by atoms with Gasteiger partial charge in [-0.05, 0) is 60.2 Å². The largest absolute Gasteiger partial charge is 0.497 e. The first kappa shape index (κ1) is 20.3. The smallest absolute Gasteiger partial charge is 0.255 e. The summed E-state index contributed by atoms with van der Waals surface area (Å²) in [7, 11) is 1.61. The van der Waals surface area contributed by atoms with Crippen molar-refractivity contribution >= 4 is 29.0 Å². The molecule has 0 saturated carbocycles. The molecule has 1 unspecified atom stereocenters. The maximum absolute atomic E-state index is 12.9. The van der Waals surface area contributed by atoms with Crippen molar-refractivity contribution in [1.29, 1.82) is 5.41 Å². The number of carbonyl (C=O) groups excluding carboxylic acids is 1. The van der Waals surface area contributed by atoms with Crippen LogP contribution in [0.15, 0.2) is 89.8 Å². The Morgan fingerprint density at radius 1 is 1.12 bits per heavy atom. The van der Waals surface area contributed by atoms with Crippen LogP contribution in [0.1, 0.15) is 27.7 Å². The van der Waals surface area contributed by atoms with Crippen LogP contribution in [0.5, 0.6) is 5.75 Å². The molecule has 164 valence electrons. The zero-order chi connectivity index (χ0) is 22.8. The lowest BCUT2D eigenvalue weighted by Gasteiger charge is -2.38. The number of pyridine rings is 1. The summed E-state index contributed by atoms with van der Waals surface area (Å²) >= 11 is 0. The number of methoxy groups -OCH3 is 1. The second-order valence-electron chi connectivity index (χ2n) is 7.44. The lowest BCUT2D eigenvalue weighted by Crippen LogP contribution is -2.42. The SMILES string of the molecule is COc1ccc(N2C(=N)c3ccoc3NC2c2cccc(C(=O)Nc3ccncc3)c2)cc1. The average molecular weight is 439 g/mol. The number of nitrogens with one attached hydrogen (secondary N) is 3. The van der Waals surface area contributed by atoms with Crippen LogP contribution in [0.25, 0.3) is 0 Å². The highest BCUT2D eigenvalue weighted by molar-refractivity contribution is 6.13. The summed E-state index contributed by atoms with van der Waals surface area (Å²) in [4.78, 5) is 18.7. The number of rotatable bonds is 5. The van der Waals surface area contributed by atoms with Crippen LogP contribution in [0.2, 0.25) is 0 Å². The lowest BCUT2D eigenvalue weighted by molar-refractivity contribution is 0.102. The third kappa shape index (κ3) is 3.89. The van der Waals surface area contributed by atoms with Crippen molar-refractivity contribution in [3.63, 3.8) is 0 Å². The highest BCUT2D eigenvalue weighted by Gasteiger charge is 2.34. The minimum atomic E-state index is -0.460. The number of hydrogen-bond donors (Lipinski definition) is 3. The number of hydrogen-bond acceptors (Lipinski definition) is 6. The molecule has 0 bridgehead atoms. The first-order chi connectivity index (χ1) is 16.1. The standard InChI is InChI=1S/C25H21N5O3/c1-32-20-7-5-19(6-8-20)30-22(26)21-11-14-33-25(21)29-23(30)16-3-2-4-17(15-16)24(31)28-18-9-12-27-13-10-18/h2-15,23,26,29H,1H3,(H,27,28,31). The Morgan fingerprint density at radius 3 is 2.67 bits per heavy atom. The van der Waals surface area contributed by atoms with Crippen LogP contribution in [-0.2, 0) is 0 Å². The van der Waals surface area contributed by atoms with Crippen molar-refractivity contribution in [1.82, 2.24) is 4.98 Å².